The summed E-state index contributed by atoms with van der Waals surface area (Å²) in [7, 11) is 0. The first-order valence-electron chi connectivity index (χ1n) is 11.3. The summed E-state index contributed by atoms with van der Waals surface area (Å²) in [4.78, 5) is 12.4. The second kappa shape index (κ2) is 13.8. The fraction of sp³-hybridized carbons (Fsp3) is 0.296. The van der Waals surface area contributed by atoms with Crippen LogP contribution in [0.1, 0.15) is 18.9 Å². The van der Waals surface area contributed by atoms with E-state index in [2.05, 4.69) is 34.9 Å². The Morgan fingerprint density at radius 1 is 0.818 bits per heavy atom. The van der Waals surface area contributed by atoms with Crippen molar-refractivity contribution in [2.75, 3.05) is 43.6 Å². The number of hydrogen-bond donors (Lipinski definition) is 2. The highest BCUT2D eigenvalue weighted by Crippen LogP contribution is 2.23. The van der Waals surface area contributed by atoms with Crippen LogP contribution in [0.4, 0.5) is 11.4 Å². The van der Waals surface area contributed by atoms with Gasteiger partial charge >= 0.3 is 0 Å². The fourth-order valence-corrected chi connectivity index (χ4v) is 3.22. The fourth-order valence-electron chi connectivity index (χ4n) is 3.22. The number of rotatable bonds is 14. The third-order valence-electron chi connectivity index (χ3n) is 4.88. The van der Waals surface area contributed by atoms with Crippen LogP contribution >= 0.6 is 0 Å². The number of nitrogens with one attached hydrogen (secondary N) is 2. The van der Waals surface area contributed by atoms with E-state index < -0.39 is 0 Å². The first kappa shape index (κ1) is 24.1. The van der Waals surface area contributed by atoms with E-state index in [0.29, 0.717) is 32.2 Å². The molecule has 0 saturated carbocycles. The molecule has 0 heterocycles. The molecule has 3 rings (SSSR count). The summed E-state index contributed by atoms with van der Waals surface area (Å²) < 4.78 is 16.8. The maximum absolute atomic E-state index is 12.4. The lowest BCUT2D eigenvalue weighted by molar-refractivity contribution is -0.114. The van der Waals surface area contributed by atoms with Gasteiger partial charge in [-0.05, 0) is 61.7 Å². The van der Waals surface area contributed by atoms with Gasteiger partial charge < -0.3 is 24.8 Å². The van der Waals surface area contributed by atoms with Crippen molar-refractivity contribution in [3.63, 3.8) is 0 Å². The van der Waals surface area contributed by atoms with Gasteiger partial charge in [-0.25, -0.2) is 0 Å². The zero-order valence-electron chi connectivity index (χ0n) is 19.1. The van der Waals surface area contributed by atoms with Gasteiger partial charge in [0, 0.05) is 12.3 Å². The smallest absolute Gasteiger partial charge is 0.243 e. The van der Waals surface area contributed by atoms with Crippen LogP contribution in [0.25, 0.3) is 0 Å². The van der Waals surface area contributed by atoms with E-state index in [1.165, 1.54) is 5.56 Å². The summed E-state index contributed by atoms with van der Waals surface area (Å²) in [6.07, 6.45) is 1.94. The van der Waals surface area contributed by atoms with Gasteiger partial charge in [0.05, 0.1) is 25.4 Å². The normalized spacial score (nSPS) is 10.5. The van der Waals surface area contributed by atoms with E-state index in [1.807, 2.05) is 61.5 Å². The van der Waals surface area contributed by atoms with Crippen LogP contribution in [0.2, 0.25) is 0 Å². The van der Waals surface area contributed by atoms with Gasteiger partial charge in [0.25, 0.3) is 0 Å². The number of ether oxygens (including phenoxy) is 3. The molecule has 2 N–H and O–H groups in total. The van der Waals surface area contributed by atoms with Crippen molar-refractivity contribution in [2.45, 2.75) is 19.8 Å². The Morgan fingerprint density at radius 2 is 1.58 bits per heavy atom. The lowest BCUT2D eigenvalue weighted by atomic mass is 10.1. The van der Waals surface area contributed by atoms with Crippen molar-refractivity contribution < 1.29 is 19.0 Å². The third kappa shape index (κ3) is 8.86. The summed E-state index contributed by atoms with van der Waals surface area (Å²) in [5.41, 5.74) is 2.80. The molecule has 6 nitrogen and oxygen atoms in total. The van der Waals surface area contributed by atoms with Gasteiger partial charge in [-0.1, -0.05) is 42.5 Å². The van der Waals surface area contributed by atoms with Gasteiger partial charge in [0.15, 0.2) is 0 Å². The molecule has 0 aliphatic heterocycles. The summed E-state index contributed by atoms with van der Waals surface area (Å²) in [6, 6.07) is 25.3. The molecule has 6 heteroatoms. The maximum atomic E-state index is 12.4. The number of carbonyl (C=O) groups is 1. The molecule has 0 aliphatic carbocycles. The summed E-state index contributed by atoms with van der Waals surface area (Å²) in [5.74, 6) is 1.34. The Balaban J connectivity index is 1.38. The van der Waals surface area contributed by atoms with Crippen LogP contribution < -0.4 is 20.1 Å². The van der Waals surface area contributed by atoms with Crippen molar-refractivity contribution in [1.82, 2.24) is 0 Å². The molecule has 174 valence electrons. The molecule has 0 bridgehead atoms. The molecule has 3 aromatic rings. The summed E-state index contributed by atoms with van der Waals surface area (Å²) in [6.45, 7) is 4.37. The number of benzene rings is 3. The first-order valence-corrected chi connectivity index (χ1v) is 11.3. The molecule has 0 spiro atoms. The van der Waals surface area contributed by atoms with E-state index in [4.69, 9.17) is 14.2 Å². The molecule has 0 aliphatic rings. The van der Waals surface area contributed by atoms with Gasteiger partial charge in [-0.2, -0.15) is 0 Å². The van der Waals surface area contributed by atoms with Crippen molar-refractivity contribution in [2.24, 2.45) is 0 Å². The highest BCUT2D eigenvalue weighted by molar-refractivity contribution is 5.94. The highest BCUT2D eigenvalue weighted by atomic mass is 16.5. The zero-order valence-corrected chi connectivity index (χ0v) is 19.1. The van der Waals surface area contributed by atoms with Crippen LogP contribution in [0.3, 0.4) is 0 Å². The Kier molecular flexibility index (Phi) is 10.1. The molecule has 33 heavy (non-hydrogen) atoms. The number of carbonyl (C=O) groups excluding carboxylic acids is 1. The second-order valence-electron chi connectivity index (χ2n) is 7.41. The molecule has 3 aromatic carbocycles. The molecular weight excluding hydrogens is 416 g/mol. The van der Waals surface area contributed by atoms with Crippen LogP contribution in [0, 0.1) is 0 Å². The zero-order chi connectivity index (χ0) is 23.1. The molecule has 0 radical (unpaired) electrons. The Bertz CT molecular complexity index is 961. The molecular formula is C27H32N2O4. The predicted octanol–water partition coefficient (Wildman–Crippen LogP) is 5.16. The lowest BCUT2D eigenvalue weighted by Crippen LogP contribution is -2.22. The van der Waals surface area contributed by atoms with Crippen molar-refractivity contribution in [3.8, 4) is 11.5 Å². The van der Waals surface area contributed by atoms with Crippen LogP contribution in [-0.2, 0) is 16.0 Å². The maximum Gasteiger partial charge on any atom is 0.243 e. The summed E-state index contributed by atoms with van der Waals surface area (Å²) in [5, 5.41) is 6.02. The SMILES string of the molecule is CCOCCOc1ccccc1NCC(=O)Nc1ccc(OCCCc2ccccc2)cc1. The number of para-hydroxylation sites is 2. The molecule has 0 fully saturated rings. The van der Waals surface area contributed by atoms with E-state index >= 15 is 0 Å². The number of amides is 1. The Morgan fingerprint density at radius 3 is 2.36 bits per heavy atom. The quantitative estimate of drug-likeness (QED) is 0.333. The van der Waals surface area contributed by atoms with Crippen LogP contribution in [0.5, 0.6) is 11.5 Å². The minimum absolute atomic E-state index is 0.129. The topological polar surface area (TPSA) is 68.8 Å². The van der Waals surface area contributed by atoms with Crippen molar-refractivity contribution in [3.05, 3.63) is 84.4 Å². The Labute approximate surface area is 195 Å². The average Bonchev–Trinajstić information content (AvgIpc) is 2.85. The Hall–Kier alpha value is -3.51. The van der Waals surface area contributed by atoms with E-state index in [-0.39, 0.29) is 12.5 Å². The number of anilines is 2. The van der Waals surface area contributed by atoms with E-state index in [1.54, 1.807) is 0 Å². The summed E-state index contributed by atoms with van der Waals surface area (Å²) >= 11 is 0. The first-order chi connectivity index (χ1) is 16.2. The number of hydrogen-bond acceptors (Lipinski definition) is 5. The molecule has 0 saturated heterocycles. The third-order valence-corrected chi connectivity index (χ3v) is 4.88. The predicted molar refractivity (Wildman–Crippen MR) is 132 cm³/mol. The molecule has 0 aromatic heterocycles. The average molecular weight is 449 g/mol. The number of aryl methyl sites for hydroxylation is 1. The van der Waals surface area contributed by atoms with Gasteiger partial charge in [-0.3, -0.25) is 4.79 Å². The van der Waals surface area contributed by atoms with Crippen molar-refractivity contribution in [1.29, 1.82) is 0 Å². The molecule has 0 atom stereocenters. The van der Waals surface area contributed by atoms with Crippen LogP contribution in [-0.4, -0.2) is 38.9 Å². The minimum Gasteiger partial charge on any atom is -0.494 e. The second-order valence-corrected chi connectivity index (χ2v) is 7.41. The van der Waals surface area contributed by atoms with E-state index in [0.717, 1.165) is 30.0 Å². The minimum atomic E-state index is -0.143. The molecule has 0 unspecified atom stereocenters. The monoisotopic (exact) mass is 448 g/mol. The highest BCUT2D eigenvalue weighted by Gasteiger charge is 2.07. The van der Waals surface area contributed by atoms with E-state index in [9.17, 15) is 4.79 Å². The van der Waals surface area contributed by atoms with Gasteiger partial charge in [-0.15, -0.1) is 0 Å². The van der Waals surface area contributed by atoms with Gasteiger partial charge in [0.2, 0.25) is 5.91 Å². The van der Waals surface area contributed by atoms with Gasteiger partial charge in [0.1, 0.15) is 18.1 Å². The standard InChI is InChI=1S/C27H32N2O4/c1-2-31-19-20-33-26-13-7-6-12-25(26)28-21-27(30)29-23-14-16-24(17-15-23)32-18-8-11-22-9-4-3-5-10-22/h3-7,9-10,12-17,28H,2,8,11,18-21H2,1H3,(H,29,30). The lowest BCUT2D eigenvalue weighted by Gasteiger charge is -2.13. The van der Waals surface area contributed by atoms with Crippen molar-refractivity contribution >= 4 is 17.3 Å². The molecule has 1 amide bonds. The largest absolute Gasteiger partial charge is 0.494 e. The van der Waals surface area contributed by atoms with Crippen LogP contribution in [0.15, 0.2) is 78.9 Å².